The lowest BCUT2D eigenvalue weighted by Gasteiger charge is -2.09. The largest absolute Gasteiger partial charge is 0.350 e. The van der Waals surface area contributed by atoms with E-state index in [0.717, 1.165) is 17.7 Å². The van der Waals surface area contributed by atoms with Crippen LogP contribution < -0.4 is 10.6 Å². The summed E-state index contributed by atoms with van der Waals surface area (Å²) >= 11 is 0. The fraction of sp³-hybridized carbons (Fsp3) is 0.105. The summed E-state index contributed by atoms with van der Waals surface area (Å²) in [5.74, 6) is -4.84. The molecule has 0 fully saturated rings. The summed E-state index contributed by atoms with van der Waals surface area (Å²) in [5.41, 5.74) is 0.802. The van der Waals surface area contributed by atoms with Gasteiger partial charge in [0, 0.05) is 12.7 Å². The minimum Gasteiger partial charge on any atom is -0.350 e. The van der Waals surface area contributed by atoms with Crippen molar-refractivity contribution in [2.75, 3.05) is 11.9 Å². The zero-order chi connectivity index (χ0) is 19.2. The molecular weight excluding hydrogens is 357 g/mol. The van der Waals surface area contributed by atoms with Crippen molar-refractivity contribution in [3.05, 3.63) is 83.4 Å². The van der Waals surface area contributed by atoms with E-state index in [4.69, 9.17) is 0 Å². The van der Waals surface area contributed by atoms with Gasteiger partial charge in [-0.15, -0.1) is 0 Å². The van der Waals surface area contributed by atoms with E-state index in [1.807, 2.05) is 30.3 Å². The molecule has 0 aliphatic heterocycles. The zero-order valence-corrected chi connectivity index (χ0v) is 14.0. The van der Waals surface area contributed by atoms with Crippen molar-refractivity contribution in [3.8, 4) is 0 Å². The topological polar surface area (TPSA) is 66.9 Å². The number of rotatable bonds is 6. The SMILES string of the molecule is O=C(NCCc1ccccc1)c1ccnc(Nc2ccc(F)c(F)c2F)n1. The summed E-state index contributed by atoms with van der Waals surface area (Å²) in [6.07, 6.45) is 1.96. The fourth-order valence-electron chi connectivity index (χ4n) is 2.34. The molecule has 2 N–H and O–H groups in total. The number of carbonyl (C=O) groups is 1. The highest BCUT2D eigenvalue weighted by Gasteiger charge is 2.15. The Morgan fingerprint density at radius 2 is 1.74 bits per heavy atom. The van der Waals surface area contributed by atoms with Gasteiger partial charge in [-0.1, -0.05) is 30.3 Å². The first-order valence-corrected chi connectivity index (χ1v) is 8.10. The maximum absolute atomic E-state index is 13.7. The zero-order valence-electron chi connectivity index (χ0n) is 14.0. The number of nitrogens with one attached hydrogen (secondary N) is 2. The van der Waals surface area contributed by atoms with E-state index in [2.05, 4.69) is 20.6 Å². The minimum atomic E-state index is -1.60. The van der Waals surface area contributed by atoms with Gasteiger partial charge < -0.3 is 10.6 Å². The highest BCUT2D eigenvalue weighted by atomic mass is 19.2. The Morgan fingerprint density at radius 1 is 0.963 bits per heavy atom. The predicted octanol–water partition coefficient (Wildman–Crippen LogP) is 3.61. The molecule has 3 aromatic rings. The first-order chi connectivity index (χ1) is 13.0. The van der Waals surface area contributed by atoms with E-state index >= 15 is 0 Å². The van der Waals surface area contributed by atoms with Crippen molar-refractivity contribution in [2.45, 2.75) is 6.42 Å². The van der Waals surface area contributed by atoms with Gasteiger partial charge in [-0.05, 0) is 30.2 Å². The van der Waals surface area contributed by atoms with Crippen LogP contribution >= 0.6 is 0 Å². The van der Waals surface area contributed by atoms with E-state index in [9.17, 15) is 18.0 Å². The van der Waals surface area contributed by atoms with Crippen molar-refractivity contribution in [1.82, 2.24) is 15.3 Å². The molecule has 138 valence electrons. The third kappa shape index (κ3) is 4.60. The molecule has 8 heteroatoms. The third-order valence-electron chi connectivity index (χ3n) is 3.71. The molecular formula is C19H15F3N4O. The Bertz CT molecular complexity index is 951. The number of amides is 1. The van der Waals surface area contributed by atoms with Gasteiger partial charge in [0.1, 0.15) is 5.69 Å². The van der Waals surface area contributed by atoms with Crippen LogP contribution in [0, 0.1) is 17.5 Å². The third-order valence-corrected chi connectivity index (χ3v) is 3.71. The Hall–Kier alpha value is -3.42. The van der Waals surface area contributed by atoms with Crippen LogP contribution in [0.1, 0.15) is 16.1 Å². The molecule has 1 heterocycles. The average molecular weight is 372 g/mol. The number of carbonyl (C=O) groups excluding carboxylic acids is 1. The van der Waals surface area contributed by atoms with Crippen LogP contribution in [0.3, 0.4) is 0 Å². The summed E-state index contributed by atoms with van der Waals surface area (Å²) in [5, 5.41) is 5.16. The molecule has 5 nitrogen and oxygen atoms in total. The standard InChI is InChI=1S/C19H15F3N4O/c20-13-6-7-14(17(22)16(13)21)25-19-24-11-9-15(26-19)18(27)23-10-8-12-4-2-1-3-5-12/h1-7,9,11H,8,10H2,(H,23,27)(H,24,25,26). The van der Waals surface area contributed by atoms with Crippen molar-refractivity contribution >= 4 is 17.5 Å². The summed E-state index contributed by atoms with van der Waals surface area (Å²) in [7, 11) is 0. The van der Waals surface area contributed by atoms with Gasteiger partial charge in [0.25, 0.3) is 5.91 Å². The van der Waals surface area contributed by atoms with Crippen LogP contribution in [0.15, 0.2) is 54.7 Å². The van der Waals surface area contributed by atoms with E-state index < -0.39 is 23.4 Å². The van der Waals surface area contributed by atoms with Crippen LogP contribution in [-0.2, 0) is 6.42 Å². The summed E-state index contributed by atoms with van der Waals surface area (Å²) < 4.78 is 40.0. The maximum Gasteiger partial charge on any atom is 0.270 e. The molecule has 0 aliphatic rings. The first-order valence-electron chi connectivity index (χ1n) is 8.10. The number of hydrogen-bond acceptors (Lipinski definition) is 4. The van der Waals surface area contributed by atoms with Gasteiger partial charge in [-0.25, -0.2) is 23.1 Å². The van der Waals surface area contributed by atoms with Crippen molar-refractivity contribution < 1.29 is 18.0 Å². The first kappa shape index (κ1) is 18.4. The smallest absolute Gasteiger partial charge is 0.270 e. The van der Waals surface area contributed by atoms with Crippen LogP contribution in [-0.4, -0.2) is 22.4 Å². The molecule has 0 saturated heterocycles. The number of anilines is 2. The van der Waals surface area contributed by atoms with Crippen molar-refractivity contribution in [2.24, 2.45) is 0 Å². The number of halogens is 3. The van der Waals surface area contributed by atoms with E-state index in [-0.39, 0.29) is 17.3 Å². The van der Waals surface area contributed by atoms with Crippen LogP contribution in [0.2, 0.25) is 0 Å². The molecule has 27 heavy (non-hydrogen) atoms. The summed E-state index contributed by atoms with van der Waals surface area (Å²) in [6, 6.07) is 12.8. The van der Waals surface area contributed by atoms with Crippen LogP contribution in [0.4, 0.5) is 24.8 Å². The second kappa shape index (κ2) is 8.31. The molecule has 2 aromatic carbocycles. The molecule has 0 radical (unpaired) electrons. The normalized spacial score (nSPS) is 10.5. The second-order valence-electron chi connectivity index (χ2n) is 5.60. The Balaban J connectivity index is 1.64. The van der Waals surface area contributed by atoms with E-state index in [1.165, 1.54) is 12.3 Å². The lowest BCUT2D eigenvalue weighted by molar-refractivity contribution is 0.0949. The van der Waals surface area contributed by atoms with Crippen LogP contribution in [0.5, 0.6) is 0 Å². The molecule has 0 atom stereocenters. The fourth-order valence-corrected chi connectivity index (χ4v) is 2.34. The monoisotopic (exact) mass is 372 g/mol. The highest BCUT2D eigenvalue weighted by molar-refractivity contribution is 5.92. The average Bonchev–Trinajstić information content (AvgIpc) is 2.69. The van der Waals surface area contributed by atoms with Crippen molar-refractivity contribution in [3.63, 3.8) is 0 Å². The predicted molar refractivity (Wildman–Crippen MR) is 94.1 cm³/mol. The molecule has 0 aliphatic carbocycles. The molecule has 0 saturated carbocycles. The van der Waals surface area contributed by atoms with Gasteiger partial charge in [0.15, 0.2) is 17.5 Å². The number of aromatic nitrogens is 2. The van der Waals surface area contributed by atoms with E-state index in [1.54, 1.807) is 0 Å². The lowest BCUT2D eigenvalue weighted by atomic mass is 10.1. The molecule has 3 rings (SSSR count). The molecule has 0 spiro atoms. The number of hydrogen-bond donors (Lipinski definition) is 2. The second-order valence-corrected chi connectivity index (χ2v) is 5.60. The number of benzene rings is 2. The lowest BCUT2D eigenvalue weighted by Crippen LogP contribution is -2.26. The minimum absolute atomic E-state index is 0.0588. The summed E-state index contributed by atoms with van der Waals surface area (Å²) in [4.78, 5) is 20.0. The molecule has 0 bridgehead atoms. The van der Waals surface area contributed by atoms with Gasteiger partial charge in [-0.3, -0.25) is 4.79 Å². The Morgan fingerprint density at radius 3 is 2.52 bits per heavy atom. The van der Waals surface area contributed by atoms with Crippen molar-refractivity contribution in [1.29, 1.82) is 0 Å². The summed E-state index contributed by atoms with van der Waals surface area (Å²) in [6.45, 7) is 0.410. The quantitative estimate of drug-likeness (QED) is 0.649. The van der Waals surface area contributed by atoms with E-state index in [0.29, 0.717) is 13.0 Å². The molecule has 1 amide bonds. The van der Waals surface area contributed by atoms with Gasteiger partial charge >= 0.3 is 0 Å². The Kier molecular flexibility index (Phi) is 5.65. The van der Waals surface area contributed by atoms with Gasteiger partial charge in [-0.2, -0.15) is 0 Å². The molecule has 1 aromatic heterocycles. The van der Waals surface area contributed by atoms with Crippen LogP contribution in [0.25, 0.3) is 0 Å². The maximum atomic E-state index is 13.7. The Labute approximate surface area is 153 Å². The number of nitrogens with zero attached hydrogens (tertiary/aromatic N) is 2. The van der Waals surface area contributed by atoms with Gasteiger partial charge in [0.2, 0.25) is 5.95 Å². The highest BCUT2D eigenvalue weighted by Crippen LogP contribution is 2.21. The molecule has 0 unspecified atom stereocenters. The van der Waals surface area contributed by atoms with Gasteiger partial charge in [0.05, 0.1) is 5.69 Å².